The molecule has 0 aliphatic carbocycles. The van der Waals surface area contributed by atoms with Gasteiger partial charge in [0.25, 0.3) is 0 Å². The summed E-state index contributed by atoms with van der Waals surface area (Å²) in [7, 11) is -1.77. The van der Waals surface area contributed by atoms with Crippen molar-refractivity contribution in [2.45, 2.75) is 31.6 Å². The van der Waals surface area contributed by atoms with E-state index in [4.69, 9.17) is 0 Å². The van der Waals surface area contributed by atoms with Crippen LogP contribution < -0.4 is 10.0 Å². The van der Waals surface area contributed by atoms with Gasteiger partial charge < -0.3 is 5.32 Å². The number of nitrogens with one attached hydrogen (secondary N) is 2. The average Bonchev–Trinajstić information content (AvgIpc) is 2.81. The van der Waals surface area contributed by atoms with Gasteiger partial charge in [0.15, 0.2) is 5.65 Å². The Balaban J connectivity index is 0.00000208. The number of aromatic nitrogens is 3. The second kappa shape index (κ2) is 6.95. The first kappa shape index (κ1) is 19.1. The summed E-state index contributed by atoms with van der Waals surface area (Å²) in [6, 6.07) is 1.65. The molecule has 2 aromatic heterocycles. The van der Waals surface area contributed by atoms with E-state index in [1.54, 1.807) is 17.8 Å². The van der Waals surface area contributed by atoms with E-state index in [1.165, 1.54) is 6.20 Å². The minimum Gasteiger partial charge on any atom is -0.317 e. The van der Waals surface area contributed by atoms with Crippen molar-refractivity contribution >= 4 is 33.5 Å². The Morgan fingerprint density at radius 3 is 2.71 bits per heavy atom. The van der Waals surface area contributed by atoms with Crippen LogP contribution in [-0.2, 0) is 17.1 Å². The van der Waals surface area contributed by atoms with Crippen molar-refractivity contribution in [3.63, 3.8) is 0 Å². The van der Waals surface area contributed by atoms with Crippen molar-refractivity contribution in [2.24, 2.45) is 12.5 Å². The Kier molecular flexibility index (Phi) is 5.54. The van der Waals surface area contributed by atoms with Crippen LogP contribution in [0, 0.1) is 12.3 Å². The third-order valence-corrected chi connectivity index (χ3v) is 6.02. The minimum absolute atomic E-state index is 0. The van der Waals surface area contributed by atoms with Gasteiger partial charge in [-0.05, 0) is 44.3 Å². The molecule has 1 aliphatic rings. The lowest BCUT2D eigenvalue weighted by Gasteiger charge is -2.34. The lowest BCUT2D eigenvalue weighted by molar-refractivity contribution is 0.232. The first-order valence-electron chi connectivity index (χ1n) is 7.81. The molecule has 1 aliphatic heterocycles. The summed E-state index contributed by atoms with van der Waals surface area (Å²) in [4.78, 5) is 4.44. The van der Waals surface area contributed by atoms with Gasteiger partial charge in [0.1, 0.15) is 4.90 Å². The molecule has 24 heavy (non-hydrogen) atoms. The van der Waals surface area contributed by atoms with Crippen LogP contribution in [0.3, 0.4) is 0 Å². The fraction of sp³-hybridized carbons (Fsp3) is 0.600. The van der Waals surface area contributed by atoms with Gasteiger partial charge in [-0.15, -0.1) is 12.4 Å². The van der Waals surface area contributed by atoms with Crippen LogP contribution in [0.15, 0.2) is 17.2 Å². The molecule has 0 amide bonds. The van der Waals surface area contributed by atoms with E-state index < -0.39 is 10.0 Å². The molecule has 0 spiro atoms. The summed E-state index contributed by atoms with van der Waals surface area (Å²) >= 11 is 0. The van der Waals surface area contributed by atoms with Gasteiger partial charge >= 0.3 is 0 Å². The Labute approximate surface area is 148 Å². The smallest absolute Gasteiger partial charge is 0.242 e. The monoisotopic (exact) mass is 373 g/mol. The summed E-state index contributed by atoms with van der Waals surface area (Å²) < 4.78 is 29.6. The topological polar surface area (TPSA) is 88.9 Å². The number of pyridine rings is 1. The second-order valence-corrected chi connectivity index (χ2v) is 8.40. The Bertz CT molecular complexity index is 828. The van der Waals surface area contributed by atoms with Gasteiger partial charge in [-0.1, -0.05) is 6.92 Å². The first-order valence-corrected chi connectivity index (χ1v) is 9.29. The van der Waals surface area contributed by atoms with E-state index in [-0.39, 0.29) is 22.7 Å². The standard InChI is InChI=1S/C15H23N5O2S.ClH/c1-11-13-8-12(9-17-14(13)20(3)19-11)23(21,22)18-10-15(2)4-6-16-7-5-15;/h8-9,16,18H,4-7,10H2,1-3H3;1H. The molecule has 7 nitrogen and oxygen atoms in total. The molecule has 0 unspecified atom stereocenters. The highest BCUT2D eigenvalue weighted by atomic mass is 35.5. The van der Waals surface area contributed by atoms with E-state index >= 15 is 0 Å². The molecule has 1 fully saturated rings. The Morgan fingerprint density at radius 1 is 1.38 bits per heavy atom. The lowest BCUT2D eigenvalue weighted by Crippen LogP contribution is -2.42. The van der Waals surface area contributed by atoms with Gasteiger partial charge in [0, 0.05) is 25.2 Å². The molecule has 0 radical (unpaired) electrons. The summed E-state index contributed by atoms with van der Waals surface area (Å²) in [5.74, 6) is 0. The number of piperidine rings is 1. The number of aryl methyl sites for hydroxylation is 2. The van der Waals surface area contributed by atoms with Gasteiger partial charge in [-0.25, -0.2) is 18.1 Å². The van der Waals surface area contributed by atoms with Crippen LogP contribution in [0.2, 0.25) is 0 Å². The van der Waals surface area contributed by atoms with E-state index in [0.29, 0.717) is 12.2 Å². The summed E-state index contributed by atoms with van der Waals surface area (Å²) in [6.07, 6.45) is 3.33. The molecular formula is C15H24ClN5O2S. The molecule has 0 bridgehead atoms. The average molecular weight is 374 g/mol. The van der Waals surface area contributed by atoms with Crippen LogP contribution >= 0.6 is 12.4 Å². The zero-order chi connectivity index (χ0) is 16.7. The van der Waals surface area contributed by atoms with E-state index in [9.17, 15) is 8.42 Å². The largest absolute Gasteiger partial charge is 0.317 e. The first-order chi connectivity index (χ1) is 10.8. The van der Waals surface area contributed by atoms with Gasteiger partial charge in [0.2, 0.25) is 10.0 Å². The van der Waals surface area contributed by atoms with E-state index in [2.05, 4.69) is 27.0 Å². The minimum atomic E-state index is -3.57. The number of halogens is 1. The molecule has 3 rings (SSSR count). The number of nitrogens with zero attached hydrogens (tertiary/aromatic N) is 3. The van der Waals surface area contributed by atoms with Crippen molar-refractivity contribution in [1.82, 2.24) is 24.8 Å². The maximum atomic E-state index is 12.6. The molecule has 2 aromatic rings. The van der Waals surface area contributed by atoms with Gasteiger partial charge in [-0.3, -0.25) is 4.68 Å². The Morgan fingerprint density at radius 2 is 2.04 bits per heavy atom. The van der Waals surface area contributed by atoms with Crippen molar-refractivity contribution in [1.29, 1.82) is 0 Å². The van der Waals surface area contributed by atoms with Gasteiger partial charge in [-0.2, -0.15) is 5.10 Å². The molecule has 9 heteroatoms. The van der Waals surface area contributed by atoms with E-state index in [0.717, 1.165) is 37.0 Å². The highest BCUT2D eigenvalue weighted by molar-refractivity contribution is 7.89. The van der Waals surface area contributed by atoms with Crippen LogP contribution in [0.1, 0.15) is 25.5 Å². The third kappa shape index (κ3) is 3.72. The second-order valence-electron chi connectivity index (χ2n) is 6.64. The quantitative estimate of drug-likeness (QED) is 0.844. The van der Waals surface area contributed by atoms with Crippen molar-refractivity contribution in [2.75, 3.05) is 19.6 Å². The SMILES string of the molecule is Cc1nn(C)c2ncc(S(=O)(=O)NCC3(C)CCNCC3)cc12.Cl. The maximum absolute atomic E-state index is 12.6. The molecule has 0 aromatic carbocycles. The zero-order valence-electron chi connectivity index (χ0n) is 14.2. The molecule has 2 N–H and O–H groups in total. The number of hydrogen-bond donors (Lipinski definition) is 2. The van der Waals surface area contributed by atoms with Crippen molar-refractivity contribution in [3.8, 4) is 0 Å². The normalized spacial score (nSPS) is 17.6. The number of hydrogen-bond acceptors (Lipinski definition) is 5. The fourth-order valence-electron chi connectivity index (χ4n) is 3.00. The molecule has 0 atom stereocenters. The zero-order valence-corrected chi connectivity index (χ0v) is 15.8. The summed E-state index contributed by atoms with van der Waals surface area (Å²) in [5, 5.41) is 8.34. The molecule has 1 saturated heterocycles. The Hall–Kier alpha value is -1.22. The third-order valence-electron chi connectivity index (χ3n) is 4.65. The molecular weight excluding hydrogens is 350 g/mol. The predicted octanol–water partition coefficient (Wildman–Crippen LogP) is 1.37. The molecule has 134 valence electrons. The predicted molar refractivity (Wildman–Crippen MR) is 95.9 cm³/mol. The van der Waals surface area contributed by atoms with Gasteiger partial charge in [0.05, 0.1) is 5.69 Å². The highest BCUT2D eigenvalue weighted by Crippen LogP contribution is 2.27. The van der Waals surface area contributed by atoms with Crippen molar-refractivity contribution in [3.05, 3.63) is 18.0 Å². The summed E-state index contributed by atoms with van der Waals surface area (Å²) in [5.41, 5.74) is 1.46. The highest BCUT2D eigenvalue weighted by Gasteiger charge is 2.29. The van der Waals surface area contributed by atoms with Crippen LogP contribution in [-0.4, -0.2) is 42.8 Å². The molecule has 3 heterocycles. The lowest BCUT2D eigenvalue weighted by atomic mass is 9.81. The van der Waals surface area contributed by atoms with E-state index in [1.807, 2.05) is 6.92 Å². The molecule has 0 saturated carbocycles. The van der Waals surface area contributed by atoms with Crippen molar-refractivity contribution < 1.29 is 8.42 Å². The fourth-order valence-corrected chi connectivity index (χ4v) is 4.16. The number of fused-ring (bicyclic) bond motifs is 1. The number of sulfonamides is 1. The van der Waals surface area contributed by atoms with Crippen LogP contribution in [0.25, 0.3) is 11.0 Å². The number of rotatable bonds is 4. The maximum Gasteiger partial charge on any atom is 0.242 e. The summed E-state index contributed by atoms with van der Waals surface area (Å²) in [6.45, 7) is 6.29. The van der Waals surface area contributed by atoms with Crippen LogP contribution in [0.4, 0.5) is 0 Å². The van der Waals surface area contributed by atoms with Crippen LogP contribution in [0.5, 0.6) is 0 Å².